The number of rotatable bonds is 4. The number of nitrogens with one attached hydrogen (secondary N) is 1. The van der Waals surface area contributed by atoms with Crippen LogP contribution in [-0.2, 0) is 0 Å². The van der Waals surface area contributed by atoms with Crippen molar-refractivity contribution in [3.63, 3.8) is 0 Å². The molecule has 2 aromatic carbocycles. The molecule has 1 aliphatic carbocycles. The molecule has 1 saturated carbocycles. The highest BCUT2D eigenvalue weighted by atomic mass is 15.2. The molecular weight excluding hydrogens is 256 g/mol. The van der Waals surface area contributed by atoms with E-state index in [4.69, 9.17) is 5.84 Å². The lowest BCUT2D eigenvalue weighted by molar-refractivity contribution is 0.419. The van der Waals surface area contributed by atoms with Gasteiger partial charge < -0.3 is 0 Å². The van der Waals surface area contributed by atoms with E-state index in [1.54, 1.807) is 0 Å². The van der Waals surface area contributed by atoms with Gasteiger partial charge in [0.15, 0.2) is 0 Å². The van der Waals surface area contributed by atoms with Crippen molar-refractivity contribution in [2.45, 2.75) is 45.1 Å². The first-order chi connectivity index (χ1) is 10.2. The second-order valence-corrected chi connectivity index (χ2v) is 6.25. The molecular formula is C19H24N2. The minimum Gasteiger partial charge on any atom is -0.271 e. The smallest absolute Gasteiger partial charge is 0.0712 e. The largest absolute Gasteiger partial charge is 0.271 e. The molecule has 1 fully saturated rings. The predicted molar refractivity (Wildman–Crippen MR) is 88.1 cm³/mol. The average molecular weight is 280 g/mol. The van der Waals surface area contributed by atoms with Crippen molar-refractivity contribution in [3.05, 3.63) is 70.3 Å². The fourth-order valence-electron chi connectivity index (χ4n) is 3.14. The summed E-state index contributed by atoms with van der Waals surface area (Å²) in [6.45, 7) is 4.26. The van der Waals surface area contributed by atoms with E-state index in [1.165, 1.54) is 47.1 Å². The van der Waals surface area contributed by atoms with E-state index >= 15 is 0 Å². The second-order valence-electron chi connectivity index (χ2n) is 6.25. The van der Waals surface area contributed by atoms with Gasteiger partial charge in [0, 0.05) is 0 Å². The molecule has 0 radical (unpaired) electrons. The molecule has 0 heterocycles. The van der Waals surface area contributed by atoms with Gasteiger partial charge in [-0.15, -0.1) is 0 Å². The molecule has 110 valence electrons. The lowest BCUT2D eigenvalue weighted by Crippen LogP contribution is -2.29. The molecule has 21 heavy (non-hydrogen) atoms. The highest BCUT2D eigenvalue weighted by Crippen LogP contribution is 2.37. The van der Waals surface area contributed by atoms with Crippen molar-refractivity contribution in [3.8, 4) is 0 Å². The van der Waals surface area contributed by atoms with Crippen molar-refractivity contribution < 1.29 is 0 Å². The summed E-state index contributed by atoms with van der Waals surface area (Å²) < 4.78 is 0. The number of nitrogens with two attached hydrogens (primary N) is 1. The first kappa shape index (κ1) is 14.3. The zero-order valence-electron chi connectivity index (χ0n) is 12.9. The van der Waals surface area contributed by atoms with Gasteiger partial charge in [-0.25, -0.2) is 5.43 Å². The standard InChI is InChI=1S/C19H24N2/c1-13-6-7-14(2)18(12-13)19(21-20)17-10-8-16(9-11-17)15-4-3-5-15/h6-12,15,19,21H,3-5,20H2,1-2H3. The molecule has 0 spiro atoms. The van der Waals surface area contributed by atoms with Crippen LogP contribution in [0, 0.1) is 13.8 Å². The van der Waals surface area contributed by atoms with E-state index in [0.29, 0.717) is 0 Å². The van der Waals surface area contributed by atoms with Gasteiger partial charge in [-0.2, -0.15) is 0 Å². The van der Waals surface area contributed by atoms with Crippen LogP contribution in [0.5, 0.6) is 0 Å². The van der Waals surface area contributed by atoms with Gasteiger partial charge in [0.1, 0.15) is 0 Å². The average Bonchev–Trinajstić information content (AvgIpc) is 2.43. The molecule has 2 heteroatoms. The van der Waals surface area contributed by atoms with Gasteiger partial charge in [0.2, 0.25) is 0 Å². The minimum absolute atomic E-state index is 0.0559. The van der Waals surface area contributed by atoms with E-state index in [-0.39, 0.29) is 6.04 Å². The lowest BCUT2D eigenvalue weighted by atomic mass is 9.79. The van der Waals surface area contributed by atoms with E-state index in [9.17, 15) is 0 Å². The van der Waals surface area contributed by atoms with Crippen LogP contribution in [0.4, 0.5) is 0 Å². The Kier molecular flexibility index (Phi) is 4.09. The number of hydrogen-bond acceptors (Lipinski definition) is 2. The Morgan fingerprint density at radius 3 is 2.33 bits per heavy atom. The molecule has 2 nitrogen and oxygen atoms in total. The van der Waals surface area contributed by atoms with Crippen molar-refractivity contribution in [1.29, 1.82) is 0 Å². The van der Waals surface area contributed by atoms with E-state index in [2.05, 4.69) is 61.7 Å². The van der Waals surface area contributed by atoms with Crippen LogP contribution in [-0.4, -0.2) is 0 Å². The number of hydrazine groups is 1. The monoisotopic (exact) mass is 280 g/mol. The SMILES string of the molecule is Cc1ccc(C)c(C(NN)c2ccc(C3CCC3)cc2)c1. The molecule has 0 saturated heterocycles. The zero-order chi connectivity index (χ0) is 14.8. The Morgan fingerprint density at radius 1 is 1.05 bits per heavy atom. The maximum absolute atomic E-state index is 5.84. The second kappa shape index (κ2) is 6.00. The predicted octanol–water partition coefficient (Wildman–Crippen LogP) is 4.12. The molecule has 3 N–H and O–H groups in total. The Morgan fingerprint density at radius 2 is 1.76 bits per heavy atom. The molecule has 1 aliphatic rings. The fourth-order valence-corrected chi connectivity index (χ4v) is 3.14. The zero-order valence-corrected chi connectivity index (χ0v) is 12.9. The highest BCUT2D eigenvalue weighted by molar-refractivity contribution is 5.40. The summed E-state index contributed by atoms with van der Waals surface area (Å²) in [6, 6.07) is 15.6. The summed E-state index contributed by atoms with van der Waals surface area (Å²) in [5.41, 5.74) is 9.48. The van der Waals surface area contributed by atoms with Crippen molar-refractivity contribution in [2.75, 3.05) is 0 Å². The molecule has 2 aromatic rings. The first-order valence-corrected chi connectivity index (χ1v) is 7.82. The molecule has 1 atom stereocenters. The molecule has 1 unspecified atom stereocenters. The maximum Gasteiger partial charge on any atom is 0.0712 e. The lowest BCUT2D eigenvalue weighted by Gasteiger charge is -2.26. The topological polar surface area (TPSA) is 38.0 Å². The van der Waals surface area contributed by atoms with Crippen LogP contribution < -0.4 is 11.3 Å². The van der Waals surface area contributed by atoms with Crippen LogP contribution in [0.15, 0.2) is 42.5 Å². The molecule has 0 aliphatic heterocycles. The summed E-state index contributed by atoms with van der Waals surface area (Å²) >= 11 is 0. The normalized spacial score (nSPS) is 16.5. The van der Waals surface area contributed by atoms with Crippen LogP contribution in [0.1, 0.15) is 59.0 Å². The van der Waals surface area contributed by atoms with Crippen LogP contribution in [0.3, 0.4) is 0 Å². The summed E-state index contributed by atoms with van der Waals surface area (Å²) in [5, 5.41) is 0. The van der Waals surface area contributed by atoms with Crippen LogP contribution in [0.25, 0.3) is 0 Å². The van der Waals surface area contributed by atoms with Gasteiger partial charge in [-0.1, -0.05) is 54.4 Å². The van der Waals surface area contributed by atoms with Gasteiger partial charge in [-0.05, 0) is 54.9 Å². The quantitative estimate of drug-likeness (QED) is 0.653. The Hall–Kier alpha value is -1.64. The molecule has 0 aromatic heterocycles. The van der Waals surface area contributed by atoms with Gasteiger partial charge >= 0.3 is 0 Å². The van der Waals surface area contributed by atoms with E-state index in [1.807, 2.05) is 0 Å². The molecule has 0 amide bonds. The summed E-state index contributed by atoms with van der Waals surface area (Å²) in [5.74, 6) is 6.62. The summed E-state index contributed by atoms with van der Waals surface area (Å²) in [7, 11) is 0. The van der Waals surface area contributed by atoms with E-state index in [0.717, 1.165) is 5.92 Å². The van der Waals surface area contributed by atoms with Crippen molar-refractivity contribution in [2.24, 2.45) is 5.84 Å². The number of benzene rings is 2. The highest BCUT2D eigenvalue weighted by Gasteiger charge is 2.20. The number of aryl methyl sites for hydroxylation is 2. The maximum atomic E-state index is 5.84. The Bertz CT molecular complexity index is 612. The molecule has 0 bridgehead atoms. The van der Waals surface area contributed by atoms with Crippen LogP contribution >= 0.6 is 0 Å². The Balaban J connectivity index is 1.90. The third kappa shape index (κ3) is 2.87. The minimum atomic E-state index is 0.0559. The number of hydrogen-bond donors (Lipinski definition) is 2. The first-order valence-electron chi connectivity index (χ1n) is 7.82. The van der Waals surface area contributed by atoms with E-state index < -0.39 is 0 Å². The van der Waals surface area contributed by atoms with Gasteiger partial charge in [-0.3, -0.25) is 5.84 Å². The summed E-state index contributed by atoms with van der Waals surface area (Å²) in [6.07, 6.45) is 4.06. The van der Waals surface area contributed by atoms with Crippen molar-refractivity contribution >= 4 is 0 Å². The molecule has 3 rings (SSSR count). The van der Waals surface area contributed by atoms with Crippen LogP contribution in [0.2, 0.25) is 0 Å². The van der Waals surface area contributed by atoms with Gasteiger partial charge in [0.05, 0.1) is 6.04 Å². The summed E-state index contributed by atoms with van der Waals surface area (Å²) in [4.78, 5) is 0. The fraction of sp³-hybridized carbons (Fsp3) is 0.368. The third-order valence-corrected chi connectivity index (χ3v) is 4.76. The van der Waals surface area contributed by atoms with Crippen molar-refractivity contribution in [1.82, 2.24) is 5.43 Å². The third-order valence-electron chi connectivity index (χ3n) is 4.76. The Labute approximate surface area is 127 Å². The van der Waals surface area contributed by atoms with Gasteiger partial charge in [0.25, 0.3) is 0 Å².